The number of para-hydroxylation sites is 2. The lowest BCUT2D eigenvalue weighted by Crippen LogP contribution is -2.51. The molecule has 1 saturated heterocycles. The van der Waals surface area contributed by atoms with Crippen molar-refractivity contribution in [2.75, 3.05) is 24.5 Å². The van der Waals surface area contributed by atoms with E-state index in [0.29, 0.717) is 24.8 Å². The van der Waals surface area contributed by atoms with E-state index >= 15 is 0 Å². The number of benzene rings is 1. The third kappa shape index (κ3) is 3.91. The molecule has 1 aromatic carbocycles. The monoisotopic (exact) mass is 370 g/mol. The van der Waals surface area contributed by atoms with E-state index in [1.807, 2.05) is 29.2 Å². The van der Waals surface area contributed by atoms with Gasteiger partial charge in [0.05, 0.1) is 18.8 Å². The molecule has 1 fully saturated rings. The predicted octanol–water partition coefficient (Wildman–Crippen LogP) is 2.80. The second-order valence-electron chi connectivity index (χ2n) is 7.20. The topological polar surface area (TPSA) is 71.7 Å². The third-order valence-electron chi connectivity index (χ3n) is 5.11. The van der Waals surface area contributed by atoms with Gasteiger partial charge in [-0.15, -0.1) is 0 Å². The number of fused-ring (bicyclic) bond motifs is 1. The van der Waals surface area contributed by atoms with Gasteiger partial charge in [-0.2, -0.15) is 4.98 Å². The average Bonchev–Trinajstić information content (AvgIpc) is 3.15. The van der Waals surface area contributed by atoms with Gasteiger partial charge < -0.3 is 19.1 Å². The Morgan fingerprint density at radius 1 is 1.22 bits per heavy atom. The predicted molar refractivity (Wildman–Crippen MR) is 101 cm³/mol. The van der Waals surface area contributed by atoms with Gasteiger partial charge in [0.1, 0.15) is 5.75 Å². The van der Waals surface area contributed by atoms with Crippen LogP contribution in [0.5, 0.6) is 5.75 Å². The summed E-state index contributed by atoms with van der Waals surface area (Å²) in [6.45, 7) is 4.72. The number of aryl methyl sites for hydroxylation is 1. The number of aromatic nitrogens is 2. The van der Waals surface area contributed by atoms with Crippen LogP contribution in [-0.4, -0.2) is 46.7 Å². The lowest BCUT2D eigenvalue weighted by atomic mass is 10.1. The molecule has 0 spiro atoms. The van der Waals surface area contributed by atoms with E-state index in [9.17, 15) is 4.79 Å². The Balaban J connectivity index is 1.53. The molecule has 1 amide bonds. The zero-order chi connectivity index (χ0) is 18.6. The minimum atomic E-state index is -0.500. The van der Waals surface area contributed by atoms with Crippen LogP contribution in [0.2, 0.25) is 0 Å². The van der Waals surface area contributed by atoms with Crippen molar-refractivity contribution in [3.05, 3.63) is 36.0 Å². The number of carbonyl (C=O) groups excluding carboxylic acids is 1. The Kier molecular flexibility index (Phi) is 5.27. The summed E-state index contributed by atoms with van der Waals surface area (Å²) in [7, 11) is 0. The van der Waals surface area contributed by atoms with Crippen molar-refractivity contribution in [2.24, 2.45) is 0 Å². The van der Waals surface area contributed by atoms with E-state index in [1.54, 1.807) is 0 Å². The summed E-state index contributed by atoms with van der Waals surface area (Å²) in [6.07, 6.45) is 4.59. The molecule has 0 aliphatic carbocycles. The van der Waals surface area contributed by atoms with Crippen LogP contribution in [0.4, 0.5) is 5.69 Å². The van der Waals surface area contributed by atoms with Gasteiger partial charge in [-0.1, -0.05) is 24.2 Å². The first-order chi connectivity index (χ1) is 13.2. The largest absolute Gasteiger partial charge is 0.477 e. The van der Waals surface area contributed by atoms with Crippen molar-refractivity contribution in [3.63, 3.8) is 0 Å². The van der Waals surface area contributed by atoms with Gasteiger partial charge in [-0.05, 0) is 37.8 Å². The number of likely N-dealkylation sites (tertiary alicyclic amines) is 1. The van der Waals surface area contributed by atoms with Gasteiger partial charge in [-0.25, -0.2) is 0 Å². The molecule has 144 valence electrons. The highest BCUT2D eigenvalue weighted by Crippen LogP contribution is 2.34. The fourth-order valence-electron chi connectivity index (χ4n) is 3.74. The molecule has 7 heteroatoms. The van der Waals surface area contributed by atoms with Crippen LogP contribution < -0.4 is 9.64 Å². The summed E-state index contributed by atoms with van der Waals surface area (Å²) < 4.78 is 11.4. The number of rotatable bonds is 5. The van der Waals surface area contributed by atoms with E-state index < -0.39 is 6.10 Å². The summed E-state index contributed by atoms with van der Waals surface area (Å²) in [5, 5.41) is 4.10. The number of carbonyl (C=O) groups is 1. The molecule has 1 atom stereocenters. The molecule has 0 radical (unpaired) electrons. The lowest BCUT2D eigenvalue weighted by molar-refractivity contribution is -0.139. The molecule has 0 N–H and O–H groups in total. The Morgan fingerprint density at radius 2 is 2.04 bits per heavy atom. The molecule has 0 bridgehead atoms. The minimum absolute atomic E-state index is 0.0778. The van der Waals surface area contributed by atoms with Crippen LogP contribution in [-0.2, 0) is 17.8 Å². The Bertz CT molecular complexity index is 785. The Hall–Kier alpha value is -2.57. The standard InChI is InChI=1S/C20H26N4O3/c1-2-8-19-21-18(22-27-19)14-24-13-17(20(25)23-11-6-3-7-12-23)26-16-10-5-4-9-15(16)24/h4-5,9-10,17H,2-3,6-8,11-14H2,1H3. The van der Waals surface area contributed by atoms with E-state index in [4.69, 9.17) is 9.26 Å². The molecular weight excluding hydrogens is 344 g/mol. The Labute approximate surface area is 159 Å². The molecule has 4 rings (SSSR count). The molecule has 0 saturated carbocycles. The average molecular weight is 370 g/mol. The molecule has 27 heavy (non-hydrogen) atoms. The van der Waals surface area contributed by atoms with Crippen LogP contribution in [0.15, 0.2) is 28.8 Å². The molecule has 2 aromatic rings. The highest BCUT2D eigenvalue weighted by atomic mass is 16.5. The second-order valence-corrected chi connectivity index (χ2v) is 7.20. The summed E-state index contributed by atoms with van der Waals surface area (Å²) in [5.74, 6) is 2.11. The molecule has 2 aliphatic rings. The minimum Gasteiger partial charge on any atom is -0.477 e. The van der Waals surface area contributed by atoms with Crippen molar-refractivity contribution in [3.8, 4) is 5.75 Å². The third-order valence-corrected chi connectivity index (χ3v) is 5.11. The van der Waals surface area contributed by atoms with Crippen molar-refractivity contribution in [1.29, 1.82) is 0 Å². The fraction of sp³-hybridized carbons (Fsp3) is 0.550. The van der Waals surface area contributed by atoms with E-state index in [1.165, 1.54) is 6.42 Å². The van der Waals surface area contributed by atoms with Gasteiger partial charge in [0, 0.05) is 19.5 Å². The zero-order valence-electron chi connectivity index (χ0n) is 15.8. The first-order valence-electron chi connectivity index (χ1n) is 9.85. The van der Waals surface area contributed by atoms with Crippen molar-refractivity contribution < 1.29 is 14.1 Å². The van der Waals surface area contributed by atoms with Crippen LogP contribution in [0.3, 0.4) is 0 Å². The molecule has 1 unspecified atom stereocenters. The first-order valence-corrected chi connectivity index (χ1v) is 9.85. The number of hydrogen-bond donors (Lipinski definition) is 0. The zero-order valence-corrected chi connectivity index (χ0v) is 15.8. The fourth-order valence-corrected chi connectivity index (χ4v) is 3.74. The molecule has 2 aliphatic heterocycles. The van der Waals surface area contributed by atoms with E-state index in [2.05, 4.69) is 22.0 Å². The Morgan fingerprint density at radius 3 is 2.85 bits per heavy atom. The van der Waals surface area contributed by atoms with E-state index in [-0.39, 0.29) is 5.91 Å². The summed E-state index contributed by atoms with van der Waals surface area (Å²) >= 11 is 0. The number of anilines is 1. The van der Waals surface area contributed by atoms with E-state index in [0.717, 1.165) is 50.2 Å². The summed E-state index contributed by atoms with van der Waals surface area (Å²) in [6, 6.07) is 7.82. The molecule has 7 nitrogen and oxygen atoms in total. The quantitative estimate of drug-likeness (QED) is 0.806. The van der Waals surface area contributed by atoms with Crippen LogP contribution >= 0.6 is 0 Å². The smallest absolute Gasteiger partial charge is 0.265 e. The molecule has 3 heterocycles. The number of piperidine rings is 1. The summed E-state index contributed by atoms with van der Waals surface area (Å²) in [5.41, 5.74) is 0.960. The highest BCUT2D eigenvalue weighted by Gasteiger charge is 2.34. The van der Waals surface area contributed by atoms with Gasteiger partial charge in [0.2, 0.25) is 5.89 Å². The molecule has 1 aromatic heterocycles. The van der Waals surface area contributed by atoms with Gasteiger partial charge >= 0.3 is 0 Å². The second kappa shape index (κ2) is 7.98. The maximum atomic E-state index is 13.0. The maximum absolute atomic E-state index is 13.0. The number of nitrogens with zero attached hydrogens (tertiary/aromatic N) is 4. The van der Waals surface area contributed by atoms with Crippen LogP contribution in [0.25, 0.3) is 0 Å². The SMILES string of the molecule is CCCc1nc(CN2CC(C(=O)N3CCCCC3)Oc3ccccc32)no1. The maximum Gasteiger partial charge on any atom is 0.265 e. The lowest BCUT2D eigenvalue weighted by Gasteiger charge is -2.37. The van der Waals surface area contributed by atoms with Gasteiger partial charge in [-0.3, -0.25) is 4.79 Å². The van der Waals surface area contributed by atoms with Gasteiger partial charge in [0.15, 0.2) is 11.9 Å². The number of amides is 1. The summed E-state index contributed by atoms with van der Waals surface area (Å²) in [4.78, 5) is 21.5. The van der Waals surface area contributed by atoms with Crippen molar-refractivity contribution >= 4 is 11.6 Å². The first kappa shape index (κ1) is 17.8. The molecular formula is C20H26N4O3. The van der Waals surface area contributed by atoms with Crippen molar-refractivity contribution in [2.45, 2.75) is 51.7 Å². The number of hydrogen-bond acceptors (Lipinski definition) is 6. The van der Waals surface area contributed by atoms with Crippen LogP contribution in [0, 0.1) is 0 Å². The normalized spacial score (nSPS) is 19.5. The van der Waals surface area contributed by atoms with Gasteiger partial charge in [0.25, 0.3) is 5.91 Å². The van der Waals surface area contributed by atoms with Crippen molar-refractivity contribution in [1.82, 2.24) is 15.0 Å². The van der Waals surface area contributed by atoms with Crippen LogP contribution in [0.1, 0.15) is 44.3 Å². The number of ether oxygens (including phenoxy) is 1. The highest BCUT2D eigenvalue weighted by molar-refractivity contribution is 5.83.